The van der Waals surface area contributed by atoms with Crippen molar-refractivity contribution in [3.05, 3.63) is 0 Å². The Hall–Kier alpha value is -1.59. The molecule has 0 aliphatic carbocycles. The van der Waals surface area contributed by atoms with Crippen LogP contribution in [0.2, 0.25) is 0 Å². The largest absolute Gasteiger partial charge is 0.462 e. The van der Waals surface area contributed by atoms with E-state index in [1.807, 2.05) is 0 Å². The van der Waals surface area contributed by atoms with Crippen LogP contribution in [-0.4, -0.2) is 37.2 Å². The highest BCUT2D eigenvalue weighted by atomic mass is 16.6. The number of unbranched alkanes of at least 4 members (excludes halogenated alkanes) is 33. The molecule has 0 aliphatic heterocycles. The maximum atomic E-state index is 12.8. The molecule has 1 atom stereocenters. The first-order valence-electron chi connectivity index (χ1n) is 28.1. The molecule has 0 unspecified atom stereocenters. The van der Waals surface area contributed by atoms with Crippen LogP contribution in [0, 0.1) is 17.8 Å². The summed E-state index contributed by atoms with van der Waals surface area (Å²) in [7, 11) is 0. The molecule has 374 valence electrons. The molecule has 0 radical (unpaired) electrons. The highest BCUT2D eigenvalue weighted by Gasteiger charge is 2.19. The fraction of sp³-hybridized carbons (Fsp3) is 0.947. The first-order valence-corrected chi connectivity index (χ1v) is 28.1. The molecular formula is C57H110O6. The zero-order valence-corrected chi connectivity index (χ0v) is 43.4. The number of esters is 3. The minimum absolute atomic E-state index is 0.0646. The highest BCUT2D eigenvalue weighted by Crippen LogP contribution is 2.18. The lowest BCUT2D eigenvalue weighted by atomic mass is 10.0. The van der Waals surface area contributed by atoms with Crippen LogP contribution in [0.4, 0.5) is 0 Å². The van der Waals surface area contributed by atoms with Crippen molar-refractivity contribution in [3.63, 3.8) is 0 Å². The molecule has 0 bridgehead atoms. The van der Waals surface area contributed by atoms with E-state index in [0.29, 0.717) is 19.3 Å². The van der Waals surface area contributed by atoms with Crippen molar-refractivity contribution in [3.8, 4) is 0 Å². The van der Waals surface area contributed by atoms with Crippen molar-refractivity contribution < 1.29 is 28.6 Å². The maximum Gasteiger partial charge on any atom is 0.306 e. The van der Waals surface area contributed by atoms with Crippen LogP contribution < -0.4 is 0 Å². The predicted molar refractivity (Wildman–Crippen MR) is 270 cm³/mol. The number of carbonyl (C=O) groups is 3. The molecule has 0 spiro atoms. The molecule has 63 heavy (non-hydrogen) atoms. The molecule has 0 aromatic heterocycles. The zero-order chi connectivity index (χ0) is 46.3. The maximum absolute atomic E-state index is 12.8. The molecule has 0 heterocycles. The Balaban J connectivity index is 4.19. The fourth-order valence-electron chi connectivity index (χ4n) is 8.65. The van der Waals surface area contributed by atoms with Gasteiger partial charge in [0.15, 0.2) is 6.10 Å². The molecular weight excluding hydrogens is 781 g/mol. The van der Waals surface area contributed by atoms with Crippen molar-refractivity contribution in [2.24, 2.45) is 17.8 Å². The summed E-state index contributed by atoms with van der Waals surface area (Å²) in [6.45, 7) is 13.7. The molecule has 0 N–H and O–H groups in total. The third kappa shape index (κ3) is 51.3. The molecule has 0 fully saturated rings. The Morgan fingerprint density at radius 3 is 0.683 bits per heavy atom. The van der Waals surface area contributed by atoms with E-state index < -0.39 is 6.10 Å². The summed E-state index contributed by atoms with van der Waals surface area (Å²) in [5.74, 6) is 1.61. The van der Waals surface area contributed by atoms with Gasteiger partial charge in [-0.1, -0.05) is 273 Å². The van der Waals surface area contributed by atoms with Gasteiger partial charge in [0.2, 0.25) is 0 Å². The van der Waals surface area contributed by atoms with Gasteiger partial charge < -0.3 is 14.2 Å². The second kappa shape index (κ2) is 48.3. The molecule has 0 aliphatic rings. The SMILES string of the molecule is CC(C)CCCCCCCCCCCCCCCCCCCCC(=O)OC[C@@H](COC(=O)CCCCCCCCCCCCCC(C)C)OC(=O)CCCCCCCCCC(C)C. The van der Waals surface area contributed by atoms with E-state index in [-0.39, 0.29) is 31.1 Å². The number of carbonyl (C=O) groups excluding carboxylic acids is 3. The predicted octanol–water partition coefficient (Wildman–Crippen LogP) is 18.3. The standard InChI is InChI=1S/C57H110O6/c1-51(2)43-37-31-25-20-16-13-11-9-7-8-10-12-14-18-22-28-34-40-46-55(58)61-49-54(63-57(60)48-42-36-30-24-27-33-39-45-53(5)6)50-62-56(59)47-41-35-29-23-19-15-17-21-26-32-38-44-52(3)4/h51-54H,7-50H2,1-6H3/t54-/m0/s1. The first kappa shape index (κ1) is 61.4. The summed E-state index contributed by atoms with van der Waals surface area (Å²) in [5, 5.41) is 0. The summed E-state index contributed by atoms with van der Waals surface area (Å²) in [6, 6.07) is 0. The van der Waals surface area contributed by atoms with Gasteiger partial charge in [-0.25, -0.2) is 0 Å². The highest BCUT2D eigenvalue weighted by molar-refractivity contribution is 5.71. The molecule has 0 amide bonds. The normalized spacial score (nSPS) is 12.1. The zero-order valence-electron chi connectivity index (χ0n) is 43.4. The van der Waals surface area contributed by atoms with Crippen molar-refractivity contribution in [1.82, 2.24) is 0 Å². The summed E-state index contributed by atoms with van der Waals surface area (Å²) in [5.41, 5.74) is 0. The van der Waals surface area contributed by atoms with E-state index in [4.69, 9.17) is 14.2 Å². The van der Waals surface area contributed by atoms with E-state index in [1.165, 1.54) is 193 Å². The second-order valence-electron chi connectivity index (χ2n) is 21.0. The number of hydrogen-bond acceptors (Lipinski definition) is 6. The molecule has 6 heteroatoms. The summed E-state index contributed by atoms with van der Waals surface area (Å²) in [6.07, 6.45) is 49.7. The number of rotatable bonds is 50. The van der Waals surface area contributed by atoms with Crippen molar-refractivity contribution in [1.29, 1.82) is 0 Å². The lowest BCUT2D eigenvalue weighted by Gasteiger charge is -2.18. The Morgan fingerprint density at radius 1 is 0.270 bits per heavy atom. The summed E-state index contributed by atoms with van der Waals surface area (Å²) >= 11 is 0. The molecule has 0 saturated carbocycles. The van der Waals surface area contributed by atoms with Crippen LogP contribution in [0.5, 0.6) is 0 Å². The van der Waals surface area contributed by atoms with E-state index in [2.05, 4.69) is 41.5 Å². The Labute approximate surface area is 393 Å². The lowest BCUT2D eigenvalue weighted by molar-refractivity contribution is -0.167. The van der Waals surface area contributed by atoms with Crippen LogP contribution in [0.15, 0.2) is 0 Å². The van der Waals surface area contributed by atoms with Gasteiger partial charge in [0.05, 0.1) is 0 Å². The molecule has 0 aromatic rings. The van der Waals surface area contributed by atoms with E-state index >= 15 is 0 Å². The monoisotopic (exact) mass is 891 g/mol. The number of hydrogen-bond donors (Lipinski definition) is 0. The van der Waals surface area contributed by atoms with Gasteiger partial charge >= 0.3 is 17.9 Å². The van der Waals surface area contributed by atoms with Crippen molar-refractivity contribution in [2.75, 3.05) is 13.2 Å². The van der Waals surface area contributed by atoms with Gasteiger partial charge in [0, 0.05) is 19.3 Å². The van der Waals surface area contributed by atoms with Gasteiger partial charge in [-0.3, -0.25) is 14.4 Å². The van der Waals surface area contributed by atoms with Crippen LogP contribution in [0.3, 0.4) is 0 Å². The Bertz CT molecular complexity index is 976. The summed E-state index contributed by atoms with van der Waals surface area (Å²) in [4.78, 5) is 38.0. The van der Waals surface area contributed by atoms with Gasteiger partial charge in [0.1, 0.15) is 13.2 Å². The van der Waals surface area contributed by atoms with E-state index in [9.17, 15) is 14.4 Å². The first-order chi connectivity index (χ1) is 30.6. The minimum Gasteiger partial charge on any atom is -0.462 e. The molecule has 0 rings (SSSR count). The molecule has 6 nitrogen and oxygen atoms in total. The average molecular weight is 892 g/mol. The third-order valence-electron chi connectivity index (χ3n) is 12.9. The lowest BCUT2D eigenvalue weighted by Crippen LogP contribution is -2.30. The summed E-state index contributed by atoms with van der Waals surface area (Å²) < 4.78 is 16.8. The van der Waals surface area contributed by atoms with Gasteiger partial charge in [0.25, 0.3) is 0 Å². The quantitative estimate of drug-likeness (QED) is 0.0344. The van der Waals surface area contributed by atoms with Crippen molar-refractivity contribution in [2.45, 2.75) is 317 Å². The van der Waals surface area contributed by atoms with Gasteiger partial charge in [-0.15, -0.1) is 0 Å². The minimum atomic E-state index is -0.763. The van der Waals surface area contributed by atoms with E-state index in [0.717, 1.165) is 75.5 Å². The van der Waals surface area contributed by atoms with E-state index in [1.54, 1.807) is 0 Å². The van der Waals surface area contributed by atoms with Crippen molar-refractivity contribution >= 4 is 17.9 Å². The van der Waals surface area contributed by atoms with Gasteiger partial charge in [-0.2, -0.15) is 0 Å². The Morgan fingerprint density at radius 2 is 0.460 bits per heavy atom. The molecule has 0 aromatic carbocycles. The topological polar surface area (TPSA) is 78.9 Å². The fourth-order valence-corrected chi connectivity index (χ4v) is 8.65. The number of ether oxygens (including phenoxy) is 3. The average Bonchev–Trinajstić information content (AvgIpc) is 3.24. The van der Waals surface area contributed by atoms with Crippen LogP contribution in [0.25, 0.3) is 0 Å². The van der Waals surface area contributed by atoms with Crippen LogP contribution in [0.1, 0.15) is 311 Å². The smallest absolute Gasteiger partial charge is 0.306 e. The van der Waals surface area contributed by atoms with Crippen LogP contribution >= 0.6 is 0 Å². The Kier molecular flexibility index (Phi) is 47.1. The van der Waals surface area contributed by atoms with Crippen LogP contribution in [-0.2, 0) is 28.6 Å². The van der Waals surface area contributed by atoms with Gasteiger partial charge in [-0.05, 0) is 37.0 Å². The molecule has 0 saturated heterocycles. The third-order valence-corrected chi connectivity index (χ3v) is 12.9. The second-order valence-corrected chi connectivity index (χ2v) is 21.0.